The molecule has 0 aromatic heterocycles. The van der Waals surface area contributed by atoms with Crippen LogP contribution >= 0.6 is 0 Å². The van der Waals surface area contributed by atoms with E-state index in [1.54, 1.807) is 6.92 Å². The molecule has 0 spiro atoms. The second kappa shape index (κ2) is 16.1. The summed E-state index contributed by atoms with van der Waals surface area (Å²) >= 11 is 0. The quantitative estimate of drug-likeness (QED) is 0.117. The first-order valence-corrected chi connectivity index (χ1v) is 21.9. The molecule has 10 atom stereocenters. The number of esters is 2. The highest BCUT2D eigenvalue weighted by Gasteiger charge is 2.72. The fourth-order valence-electron chi connectivity index (χ4n) is 14.2. The van der Waals surface area contributed by atoms with E-state index in [0.29, 0.717) is 48.5 Å². The standard InChI is InChI=1S/C48H73NO5/c1-33(2)36-23-28-48(43(52)49-31-17-12-10-9-11-16-20-41(51)53-32-35-18-14-13-15-19-35)30-29-46(7)37(42(36)48)21-22-39-45(6)26-25-40(54-34(3)50)44(4,5)38(45)24-27-47(39,46)8/h13-15,18-19,36-40,42H,1,9-12,16-17,20-32H2,2-8H3,(H,49,52)/t36-,37+,38-,39+,40-,42+,45-,46+,47+,48-/m0/s1. The minimum atomic E-state index is -0.280. The van der Waals surface area contributed by atoms with Crippen LogP contribution in [0.1, 0.15) is 163 Å². The zero-order valence-electron chi connectivity index (χ0n) is 35.0. The van der Waals surface area contributed by atoms with Gasteiger partial charge < -0.3 is 14.8 Å². The maximum atomic E-state index is 14.5. The molecule has 5 fully saturated rings. The summed E-state index contributed by atoms with van der Waals surface area (Å²) in [4.78, 5) is 38.7. The van der Waals surface area contributed by atoms with Crippen molar-refractivity contribution in [3.8, 4) is 0 Å². The molecule has 54 heavy (non-hydrogen) atoms. The first-order valence-electron chi connectivity index (χ1n) is 21.9. The molecule has 0 radical (unpaired) electrons. The minimum Gasteiger partial charge on any atom is -0.462 e. The van der Waals surface area contributed by atoms with E-state index in [2.05, 4.69) is 53.4 Å². The molecular formula is C48H73NO5. The summed E-state index contributed by atoms with van der Waals surface area (Å²) in [6, 6.07) is 9.84. The number of benzene rings is 1. The van der Waals surface area contributed by atoms with Crippen molar-refractivity contribution in [3.63, 3.8) is 0 Å². The van der Waals surface area contributed by atoms with Gasteiger partial charge in [-0.25, -0.2) is 0 Å². The molecule has 1 aromatic rings. The van der Waals surface area contributed by atoms with E-state index < -0.39 is 0 Å². The highest BCUT2D eigenvalue weighted by molar-refractivity contribution is 5.84. The predicted molar refractivity (Wildman–Crippen MR) is 216 cm³/mol. The van der Waals surface area contributed by atoms with E-state index in [4.69, 9.17) is 9.47 Å². The number of hydrogen-bond acceptors (Lipinski definition) is 5. The van der Waals surface area contributed by atoms with Gasteiger partial charge in [0, 0.05) is 25.3 Å². The Hall–Kier alpha value is -2.63. The average Bonchev–Trinajstić information content (AvgIpc) is 3.53. The number of allylic oxidation sites excluding steroid dienone is 1. The molecular weight excluding hydrogens is 671 g/mol. The first kappa shape index (κ1) is 41.0. The second-order valence-corrected chi connectivity index (χ2v) is 20.1. The highest BCUT2D eigenvalue weighted by Crippen LogP contribution is 2.77. The molecule has 1 aromatic carbocycles. The van der Waals surface area contributed by atoms with E-state index in [0.717, 1.165) is 89.2 Å². The van der Waals surface area contributed by atoms with Crippen LogP contribution in [-0.4, -0.2) is 30.5 Å². The van der Waals surface area contributed by atoms with Gasteiger partial charge in [-0.2, -0.15) is 0 Å². The SMILES string of the molecule is C=C(C)[C@@H]1CC[C@]2(C(=O)NCCCCCCCCC(=O)OCc3ccccc3)CC[C@]3(C)[C@H](CC[C@@H]4[C@@]5(C)CC[C@H](OC(C)=O)C(C)(C)[C@@H]5CC[C@]43C)[C@@H]12. The lowest BCUT2D eigenvalue weighted by atomic mass is 9.32. The largest absolute Gasteiger partial charge is 0.462 e. The van der Waals surface area contributed by atoms with Gasteiger partial charge >= 0.3 is 11.9 Å². The van der Waals surface area contributed by atoms with Gasteiger partial charge in [-0.3, -0.25) is 14.4 Å². The Balaban J connectivity index is 1.03. The van der Waals surface area contributed by atoms with Gasteiger partial charge in [0.15, 0.2) is 0 Å². The van der Waals surface area contributed by atoms with Crippen LogP contribution in [0.4, 0.5) is 0 Å². The van der Waals surface area contributed by atoms with Crippen molar-refractivity contribution >= 4 is 17.8 Å². The van der Waals surface area contributed by atoms with Crippen molar-refractivity contribution in [3.05, 3.63) is 48.0 Å². The van der Waals surface area contributed by atoms with Crippen LogP contribution in [0, 0.1) is 56.7 Å². The third-order valence-electron chi connectivity index (χ3n) is 17.1. The van der Waals surface area contributed by atoms with Crippen LogP contribution in [0.15, 0.2) is 42.5 Å². The molecule has 6 nitrogen and oxygen atoms in total. The monoisotopic (exact) mass is 744 g/mol. The lowest BCUT2D eigenvalue weighted by Gasteiger charge is -2.72. The lowest BCUT2D eigenvalue weighted by Crippen LogP contribution is -2.67. The minimum absolute atomic E-state index is 0.000915. The Morgan fingerprint density at radius 3 is 2.17 bits per heavy atom. The number of carbonyl (C=O) groups is 3. The number of nitrogens with one attached hydrogen (secondary N) is 1. The maximum absolute atomic E-state index is 14.5. The summed E-state index contributed by atoms with van der Waals surface area (Å²) in [5, 5.41) is 3.50. The molecule has 0 aliphatic heterocycles. The van der Waals surface area contributed by atoms with Crippen LogP contribution in [-0.2, 0) is 30.5 Å². The molecule has 0 bridgehead atoms. The Bertz CT molecular complexity index is 1520. The Kier molecular flexibility index (Phi) is 12.2. The molecule has 0 unspecified atom stereocenters. The molecule has 6 heteroatoms. The lowest BCUT2D eigenvalue weighted by molar-refractivity contribution is -0.248. The van der Waals surface area contributed by atoms with E-state index >= 15 is 0 Å². The van der Waals surface area contributed by atoms with Crippen LogP contribution in [0.25, 0.3) is 0 Å². The molecule has 5 saturated carbocycles. The van der Waals surface area contributed by atoms with Crippen molar-refractivity contribution in [1.82, 2.24) is 5.32 Å². The van der Waals surface area contributed by atoms with Gasteiger partial charge in [0.25, 0.3) is 0 Å². The van der Waals surface area contributed by atoms with Gasteiger partial charge in [-0.1, -0.05) is 103 Å². The molecule has 1 N–H and O–H groups in total. The van der Waals surface area contributed by atoms with Crippen LogP contribution in [0.2, 0.25) is 0 Å². The number of hydrogen-bond donors (Lipinski definition) is 1. The molecule has 5 aliphatic rings. The number of amides is 1. The number of unbranched alkanes of at least 4 members (excludes halogenated alkanes) is 5. The number of carbonyl (C=O) groups excluding carboxylic acids is 3. The van der Waals surface area contributed by atoms with Gasteiger partial charge in [0.05, 0.1) is 5.41 Å². The Labute approximate surface area is 327 Å². The third-order valence-corrected chi connectivity index (χ3v) is 17.1. The molecule has 5 aliphatic carbocycles. The van der Waals surface area contributed by atoms with Gasteiger partial charge in [0.1, 0.15) is 12.7 Å². The summed E-state index contributed by atoms with van der Waals surface area (Å²) in [7, 11) is 0. The summed E-state index contributed by atoms with van der Waals surface area (Å²) in [6.07, 6.45) is 17.9. The smallest absolute Gasteiger partial charge is 0.306 e. The Morgan fingerprint density at radius 1 is 0.759 bits per heavy atom. The fraction of sp³-hybridized carbons (Fsp3) is 0.771. The predicted octanol–water partition coefficient (Wildman–Crippen LogP) is 11.2. The van der Waals surface area contributed by atoms with E-state index in [1.807, 2.05) is 30.3 Å². The molecule has 1 amide bonds. The van der Waals surface area contributed by atoms with Crippen molar-refractivity contribution in [2.24, 2.45) is 56.7 Å². The molecule has 6 rings (SSSR count). The Morgan fingerprint density at radius 2 is 1.46 bits per heavy atom. The van der Waals surface area contributed by atoms with Crippen molar-refractivity contribution in [2.75, 3.05) is 6.54 Å². The van der Waals surface area contributed by atoms with Gasteiger partial charge in [-0.05, 0) is 135 Å². The van der Waals surface area contributed by atoms with E-state index in [9.17, 15) is 14.4 Å². The van der Waals surface area contributed by atoms with Gasteiger partial charge in [-0.15, -0.1) is 0 Å². The normalized spacial score (nSPS) is 37.8. The second-order valence-electron chi connectivity index (χ2n) is 20.1. The average molecular weight is 744 g/mol. The van der Waals surface area contributed by atoms with E-state index in [1.165, 1.54) is 31.3 Å². The number of fused-ring (bicyclic) bond motifs is 7. The van der Waals surface area contributed by atoms with Crippen molar-refractivity contribution in [1.29, 1.82) is 0 Å². The zero-order valence-corrected chi connectivity index (χ0v) is 35.0. The van der Waals surface area contributed by atoms with Crippen LogP contribution < -0.4 is 5.32 Å². The summed E-state index contributed by atoms with van der Waals surface area (Å²) in [5.74, 6) is 2.56. The number of rotatable bonds is 14. The summed E-state index contributed by atoms with van der Waals surface area (Å²) in [5.41, 5.74) is 2.62. The van der Waals surface area contributed by atoms with Gasteiger partial charge in [0.2, 0.25) is 5.91 Å². The maximum Gasteiger partial charge on any atom is 0.306 e. The summed E-state index contributed by atoms with van der Waals surface area (Å²) < 4.78 is 11.4. The summed E-state index contributed by atoms with van der Waals surface area (Å²) in [6.45, 7) is 22.1. The van der Waals surface area contributed by atoms with Crippen LogP contribution in [0.5, 0.6) is 0 Å². The zero-order chi connectivity index (χ0) is 38.9. The van der Waals surface area contributed by atoms with Crippen LogP contribution in [0.3, 0.4) is 0 Å². The van der Waals surface area contributed by atoms with Crippen molar-refractivity contribution < 1.29 is 23.9 Å². The third kappa shape index (κ3) is 7.35. The topological polar surface area (TPSA) is 81.7 Å². The highest BCUT2D eigenvalue weighted by atomic mass is 16.5. The molecule has 0 saturated heterocycles. The van der Waals surface area contributed by atoms with Crippen molar-refractivity contribution in [2.45, 2.75) is 170 Å². The fourth-order valence-corrected chi connectivity index (χ4v) is 14.2. The van der Waals surface area contributed by atoms with E-state index in [-0.39, 0.29) is 45.1 Å². The molecule has 0 heterocycles. The molecule has 300 valence electrons. The first-order chi connectivity index (χ1) is 25.6. The number of ether oxygens (including phenoxy) is 2.